The van der Waals surface area contributed by atoms with E-state index in [1.807, 2.05) is 23.1 Å². The molecule has 1 saturated heterocycles. The quantitative estimate of drug-likeness (QED) is 0.793. The minimum Gasteiger partial charge on any atom is -0.340 e. The summed E-state index contributed by atoms with van der Waals surface area (Å²) in [4.78, 5) is 32.8. The Morgan fingerprint density at radius 1 is 1.30 bits per heavy atom. The highest BCUT2D eigenvalue weighted by molar-refractivity contribution is 6.30. The Bertz CT molecular complexity index is 803. The van der Waals surface area contributed by atoms with Gasteiger partial charge in [-0.1, -0.05) is 23.7 Å². The van der Waals surface area contributed by atoms with Crippen molar-refractivity contribution in [2.75, 3.05) is 32.7 Å². The van der Waals surface area contributed by atoms with Gasteiger partial charge >= 0.3 is 0 Å². The van der Waals surface area contributed by atoms with Crippen molar-refractivity contribution in [3.63, 3.8) is 0 Å². The van der Waals surface area contributed by atoms with Gasteiger partial charge in [0.15, 0.2) is 0 Å². The van der Waals surface area contributed by atoms with Crippen molar-refractivity contribution in [1.29, 1.82) is 0 Å². The SMILES string of the molecule is Cn1cnc(C(=O)N(CCC(=O)N2CCNCC2)Cc2cccc(Cl)c2)n1. The van der Waals surface area contributed by atoms with Crippen LogP contribution in [0, 0.1) is 0 Å². The molecule has 0 spiro atoms. The third-order valence-electron chi connectivity index (χ3n) is 4.41. The summed E-state index contributed by atoms with van der Waals surface area (Å²) in [5.74, 6) is -0.132. The number of carbonyl (C=O) groups excluding carboxylic acids is 2. The number of hydrogen-bond acceptors (Lipinski definition) is 5. The van der Waals surface area contributed by atoms with E-state index in [0.29, 0.717) is 31.2 Å². The molecule has 9 heteroatoms. The molecule has 1 aliphatic rings. The molecule has 3 rings (SSSR count). The van der Waals surface area contributed by atoms with Gasteiger partial charge in [0, 0.05) is 57.8 Å². The summed E-state index contributed by atoms with van der Waals surface area (Å²) in [6.07, 6.45) is 1.75. The molecule has 27 heavy (non-hydrogen) atoms. The van der Waals surface area contributed by atoms with Crippen molar-refractivity contribution >= 4 is 23.4 Å². The largest absolute Gasteiger partial charge is 0.340 e. The minimum absolute atomic E-state index is 0.0503. The van der Waals surface area contributed by atoms with Gasteiger partial charge < -0.3 is 15.1 Å². The fraction of sp³-hybridized carbons (Fsp3) is 0.444. The van der Waals surface area contributed by atoms with Crippen LogP contribution in [0.5, 0.6) is 0 Å². The molecular weight excluding hydrogens is 368 g/mol. The lowest BCUT2D eigenvalue weighted by Gasteiger charge is -2.29. The second-order valence-electron chi connectivity index (χ2n) is 6.48. The fourth-order valence-electron chi connectivity index (χ4n) is 2.99. The van der Waals surface area contributed by atoms with Crippen molar-refractivity contribution < 1.29 is 9.59 Å². The van der Waals surface area contributed by atoms with E-state index >= 15 is 0 Å². The maximum Gasteiger partial charge on any atom is 0.293 e. The zero-order valence-corrected chi connectivity index (χ0v) is 16.0. The normalized spacial score (nSPS) is 14.2. The summed E-state index contributed by atoms with van der Waals surface area (Å²) in [6, 6.07) is 7.33. The molecule has 0 radical (unpaired) electrons. The van der Waals surface area contributed by atoms with Gasteiger partial charge in [-0.05, 0) is 17.7 Å². The molecule has 1 fully saturated rings. The fourth-order valence-corrected chi connectivity index (χ4v) is 3.20. The molecule has 1 aliphatic heterocycles. The lowest BCUT2D eigenvalue weighted by molar-refractivity contribution is -0.132. The number of amides is 2. The van der Waals surface area contributed by atoms with E-state index in [-0.39, 0.29) is 24.1 Å². The Morgan fingerprint density at radius 3 is 2.74 bits per heavy atom. The third kappa shape index (κ3) is 5.27. The second-order valence-corrected chi connectivity index (χ2v) is 6.92. The Kier molecular flexibility index (Phi) is 6.41. The van der Waals surface area contributed by atoms with E-state index in [1.54, 1.807) is 18.0 Å². The molecule has 0 unspecified atom stereocenters. The first-order valence-corrected chi connectivity index (χ1v) is 9.28. The Balaban J connectivity index is 1.70. The average molecular weight is 391 g/mol. The Morgan fingerprint density at radius 2 is 2.07 bits per heavy atom. The highest BCUT2D eigenvalue weighted by Gasteiger charge is 2.23. The number of aryl methyl sites for hydroxylation is 1. The van der Waals surface area contributed by atoms with Gasteiger partial charge in [-0.3, -0.25) is 14.3 Å². The zero-order valence-electron chi connectivity index (χ0n) is 15.3. The van der Waals surface area contributed by atoms with Crippen LogP contribution in [0.25, 0.3) is 0 Å². The summed E-state index contributed by atoms with van der Waals surface area (Å²) in [5, 5.41) is 7.92. The summed E-state index contributed by atoms with van der Waals surface area (Å²) >= 11 is 6.06. The topological polar surface area (TPSA) is 83.4 Å². The smallest absolute Gasteiger partial charge is 0.293 e. The molecule has 8 nitrogen and oxygen atoms in total. The van der Waals surface area contributed by atoms with Crippen LogP contribution in [-0.2, 0) is 18.4 Å². The number of halogens is 1. The molecule has 144 valence electrons. The summed E-state index contributed by atoms with van der Waals surface area (Å²) in [5.41, 5.74) is 0.890. The number of nitrogens with one attached hydrogen (secondary N) is 1. The van der Waals surface area contributed by atoms with Crippen LogP contribution in [0.3, 0.4) is 0 Å². The van der Waals surface area contributed by atoms with Gasteiger partial charge in [0.25, 0.3) is 5.91 Å². The molecule has 1 aromatic heterocycles. The van der Waals surface area contributed by atoms with Crippen LogP contribution >= 0.6 is 11.6 Å². The Hall–Kier alpha value is -2.45. The summed E-state index contributed by atoms with van der Waals surface area (Å²) < 4.78 is 1.48. The van der Waals surface area contributed by atoms with Crippen molar-refractivity contribution in [2.45, 2.75) is 13.0 Å². The molecule has 2 amide bonds. The second kappa shape index (κ2) is 8.96. The van der Waals surface area contributed by atoms with E-state index in [9.17, 15) is 9.59 Å². The molecule has 0 aliphatic carbocycles. The highest BCUT2D eigenvalue weighted by Crippen LogP contribution is 2.14. The van der Waals surface area contributed by atoms with Crippen LogP contribution in [-0.4, -0.2) is 69.1 Å². The monoisotopic (exact) mass is 390 g/mol. The number of hydrogen-bond donors (Lipinski definition) is 1. The van der Waals surface area contributed by atoms with E-state index in [0.717, 1.165) is 18.7 Å². The van der Waals surface area contributed by atoms with Crippen LogP contribution in [0.1, 0.15) is 22.6 Å². The van der Waals surface area contributed by atoms with Gasteiger partial charge in [0.05, 0.1) is 0 Å². The maximum absolute atomic E-state index is 12.9. The predicted molar refractivity (Wildman–Crippen MR) is 101 cm³/mol. The van der Waals surface area contributed by atoms with E-state index < -0.39 is 0 Å². The molecule has 1 aromatic carbocycles. The van der Waals surface area contributed by atoms with E-state index in [2.05, 4.69) is 15.4 Å². The molecular formula is C18H23ClN6O2. The summed E-state index contributed by atoms with van der Waals surface area (Å²) in [7, 11) is 1.71. The van der Waals surface area contributed by atoms with Crippen molar-refractivity contribution in [2.24, 2.45) is 7.05 Å². The number of benzene rings is 1. The van der Waals surface area contributed by atoms with E-state index in [4.69, 9.17) is 11.6 Å². The zero-order chi connectivity index (χ0) is 19.2. The number of nitrogens with zero attached hydrogens (tertiary/aromatic N) is 5. The standard InChI is InChI=1S/C18H23ClN6O2/c1-23-13-21-17(22-23)18(27)25(12-14-3-2-4-15(19)11-14)8-5-16(26)24-9-6-20-7-10-24/h2-4,11,13,20H,5-10,12H2,1H3. The summed E-state index contributed by atoms with van der Waals surface area (Å²) in [6.45, 7) is 3.63. The molecule has 1 N–H and O–H groups in total. The van der Waals surface area contributed by atoms with Crippen LogP contribution in [0.15, 0.2) is 30.6 Å². The van der Waals surface area contributed by atoms with Gasteiger partial charge in [-0.25, -0.2) is 4.98 Å². The minimum atomic E-state index is -0.302. The number of carbonyl (C=O) groups is 2. The third-order valence-corrected chi connectivity index (χ3v) is 4.64. The molecule has 2 heterocycles. The number of aromatic nitrogens is 3. The maximum atomic E-state index is 12.9. The van der Waals surface area contributed by atoms with Gasteiger partial charge in [0.1, 0.15) is 6.33 Å². The van der Waals surface area contributed by atoms with Gasteiger partial charge in [0.2, 0.25) is 11.7 Å². The van der Waals surface area contributed by atoms with Gasteiger partial charge in [-0.2, -0.15) is 0 Å². The van der Waals surface area contributed by atoms with Crippen molar-refractivity contribution in [1.82, 2.24) is 29.9 Å². The van der Waals surface area contributed by atoms with E-state index in [1.165, 1.54) is 11.0 Å². The highest BCUT2D eigenvalue weighted by atomic mass is 35.5. The molecule has 2 aromatic rings. The predicted octanol–water partition coefficient (Wildman–Crippen LogP) is 0.933. The molecule has 0 saturated carbocycles. The number of rotatable bonds is 6. The van der Waals surface area contributed by atoms with Gasteiger partial charge in [-0.15, -0.1) is 5.10 Å². The lowest BCUT2D eigenvalue weighted by atomic mass is 10.2. The first-order valence-electron chi connectivity index (χ1n) is 8.91. The van der Waals surface area contributed by atoms with Crippen molar-refractivity contribution in [3.05, 3.63) is 47.0 Å². The van der Waals surface area contributed by atoms with Crippen molar-refractivity contribution in [3.8, 4) is 0 Å². The number of piperazine rings is 1. The molecule has 0 bridgehead atoms. The average Bonchev–Trinajstić information content (AvgIpc) is 3.11. The Labute approximate surface area is 163 Å². The van der Waals surface area contributed by atoms with Crippen LogP contribution in [0.2, 0.25) is 5.02 Å². The molecule has 0 atom stereocenters. The first-order chi connectivity index (χ1) is 13.0. The van der Waals surface area contributed by atoms with Crippen LogP contribution in [0.4, 0.5) is 0 Å². The lowest BCUT2D eigenvalue weighted by Crippen LogP contribution is -2.47. The van der Waals surface area contributed by atoms with Crippen LogP contribution < -0.4 is 5.32 Å². The first kappa shape index (κ1) is 19.3.